The number of benzene rings is 1. The maximum atomic E-state index is 12.3. The maximum Gasteiger partial charge on any atom is 0.409 e. The molecule has 1 N–H and O–H groups in total. The molecule has 0 saturated carbocycles. The molecule has 0 fully saturated rings. The second-order valence-corrected chi connectivity index (χ2v) is 2.71. The van der Waals surface area contributed by atoms with Gasteiger partial charge in [0, 0.05) is 0 Å². The predicted octanol–water partition coefficient (Wildman–Crippen LogP) is 3.03. The summed E-state index contributed by atoms with van der Waals surface area (Å²) in [5, 5.41) is 0. The summed E-state index contributed by atoms with van der Waals surface area (Å²) in [6.45, 7) is 0. The first kappa shape index (κ1) is 10.3. The molecule has 1 rings (SSSR count). The van der Waals surface area contributed by atoms with Gasteiger partial charge < -0.3 is 0 Å². The molecule has 0 aliphatic heterocycles. The van der Waals surface area contributed by atoms with Crippen LogP contribution in [0.2, 0.25) is 0 Å². The van der Waals surface area contributed by atoms with E-state index >= 15 is 0 Å². The molecule has 0 spiro atoms. The molecule has 0 saturated heterocycles. The Morgan fingerprint density at radius 1 is 1.15 bits per heavy atom. The molecule has 0 radical (unpaired) electrons. The molecule has 0 unspecified atom stereocenters. The Morgan fingerprint density at radius 2 is 1.69 bits per heavy atom. The molecule has 1 atom stereocenters. The topological polar surface area (TPSA) is 12.0 Å². The molecule has 0 aliphatic rings. The number of hydrogen-bond acceptors (Lipinski definition) is 1. The zero-order valence-corrected chi connectivity index (χ0v) is 7.23. The molecule has 0 heterocycles. The first-order valence-corrected chi connectivity index (χ1v) is 3.91. The van der Waals surface area contributed by atoms with E-state index in [4.69, 9.17) is 11.8 Å². The van der Waals surface area contributed by atoms with Crippen molar-refractivity contribution in [2.24, 2.45) is 0 Å². The highest BCUT2D eigenvalue weighted by Gasteiger charge is 2.40. The molecule has 72 valence electrons. The van der Waals surface area contributed by atoms with E-state index in [-0.39, 0.29) is 5.56 Å². The van der Waals surface area contributed by atoms with Crippen LogP contribution in [0.25, 0.3) is 0 Å². The summed E-state index contributed by atoms with van der Waals surface area (Å²) in [5.41, 5.74) is 0.102. The van der Waals surface area contributed by atoms with Crippen molar-refractivity contribution in [1.29, 1.82) is 0 Å². The molecule has 0 aliphatic carbocycles. The third-order valence-electron chi connectivity index (χ3n) is 1.57. The molecule has 1 aromatic carbocycles. The van der Waals surface area contributed by atoms with E-state index in [9.17, 15) is 13.2 Å². The highest BCUT2D eigenvalue weighted by Crippen LogP contribution is 2.32. The lowest BCUT2D eigenvalue weighted by Crippen LogP contribution is -2.28. The molecule has 0 bridgehead atoms. The standard InChI is InChI=1S/C8H7ClF3N/c9-13-7(8(10,11)12)6-4-2-1-3-5-6/h1-5,7,13H/t7-/m0/s1. The van der Waals surface area contributed by atoms with Crippen LogP contribution >= 0.6 is 11.8 Å². The number of rotatable bonds is 2. The van der Waals surface area contributed by atoms with Gasteiger partial charge in [0.05, 0.1) is 0 Å². The molecule has 13 heavy (non-hydrogen) atoms. The Morgan fingerprint density at radius 3 is 2.08 bits per heavy atom. The Labute approximate surface area is 78.6 Å². The van der Waals surface area contributed by atoms with E-state index < -0.39 is 12.2 Å². The van der Waals surface area contributed by atoms with Crippen LogP contribution in [-0.4, -0.2) is 6.18 Å². The van der Waals surface area contributed by atoms with Gasteiger partial charge in [0.1, 0.15) is 6.04 Å². The summed E-state index contributed by atoms with van der Waals surface area (Å²) in [4.78, 5) is 1.71. The SMILES string of the molecule is FC(F)(F)[C@@H](NCl)c1ccccc1. The zero-order valence-electron chi connectivity index (χ0n) is 6.48. The van der Waals surface area contributed by atoms with Crippen LogP contribution in [0.15, 0.2) is 30.3 Å². The number of alkyl halides is 3. The second-order valence-electron chi connectivity index (χ2n) is 2.49. The van der Waals surface area contributed by atoms with Gasteiger partial charge in [-0.25, -0.2) is 4.84 Å². The Hall–Kier alpha value is -0.740. The number of nitrogens with one attached hydrogen (secondary N) is 1. The molecular formula is C8H7ClF3N. The van der Waals surface area contributed by atoms with Gasteiger partial charge in [-0.3, -0.25) is 0 Å². The van der Waals surface area contributed by atoms with E-state index in [1.165, 1.54) is 24.3 Å². The smallest absolute Gasteiger partial charge is 0.217 e. The molecule has 0 aromatic heterocycles. The fourth-order valence-electron chi connectivity index (χ4n) is 0.959. The van der Waals surface area contributed by atoms with Crippen LogP contribution in [-0.2, 0) is 0 Å². The summed E-state index contributed by atoms with van der Waals surface area (Å²) >= 11 is 5.02. The van der Waals surface area contributed by atoms with E-state index in [1.807, 2.05) is 0 Å². The lowest BCUT2D eigenvalue weighted by Gasteiger charge is -2.18. The normalized spacial score (nSPS) is 14.2. The largest absolute Gasteiger partial charge is 0.409 e. The third-order valence-corrected chi connectivity index (χ3v) is 1.79. The van der Waals surface area contributed by atoms with Crippen LogP contribution in [0.1, 0.15) is 11.6 Å². The van der Waals surface area contributed by atoms with Crippen molar-refractivity contribution < 1.29 is 13.2 Å². The van der Waals surface area contributed by atoms with Crippen molar-refractivity contribution in [3.8, 4) is 0 Å². The van der Waals surface area contributed by atoms with Crippen molar-refractivity contribution >= 4 is 11.8 Å². The summed E-state index contributed by atoms with van der Waals surface area (Å²) < 4.78 is 36.8. The van der Waals surface area contributed by atoms with Crippen LogP contribution < -0.4 is 4.84 Å². The molecule has 1 nitrogen and oxygen atoms in total. The van der Waals surface area contributed by atoms with Crippen molar-refractivity contribution in [3.63, 3.8) is 0 Å². The van der Waals surface area contributed by atoms with Crippen molar-refractivity contribution in [2.45, 2.75) is 12.2 Å². The van der Waals surface area contributed by atoms with Gasteiger partial charge in [-0.15, -0.1) is 0 Å². The van der Waals surface area contributed by atoms with Gasteiger partial charge >= 0.3 is 6.18 Å². The summed E-state index contributed by atoms with van der Waals surface area (Å²) in [6, 6.07) is 5.63. The third kappa shape index (κ3) is 2.60. The first-order valence-electron chi connectivity index (χ1n) is 3.53. The zero-order chi connectivity index (χ0) is 9.90. The van der Waals surface area contributed by atoms with Gasteiger partial charge in [0.2, 0.25) is 0 Å². The number of halogens is 4. The summed E-state index contributed by atoms with van der Waals surface area (Å²) in [7, 11) is 0. The van der Waals surface area contributed by atoms with Crippen LogP contribution in [0.3, 0.4) is 0 Å². The van der Waals surface area contributed by atoms with E-state index in [2.05, 4.69) is 0 Å². The highest BCUT2D eigenvalue weighted by atomic mass is 35.5. The van der Waals surface area contributed by atoms with Gasteiger partial charge in [0.25, 0.3) is 0 Å². The minimum Gasteiger partial charge on any atom is -0.217 e. The Kier molecular flexibility index (Phi) is 3.17. The monoisotopic (exact) mass is 209 g/mol. The van der Waals surface area contributed by atoms with E-state index in [0.717, 1.165) is 0 Å². The summed E-state index contributed by atoms with van der Waals surface area (Å²) in [6.07, 6.45) is -4.37. The predicted molar refractivity (Wildman–Crippen MR) is 44.2 cm³/mol. The second kappa shape index (κ2) is 3.98. The van der Waals surface area contributed by atoms with Gasteiger partial charge in [-0.2, -0.15) is 13.2 Å². The molecular weight excluding hydrogens is 203 g/mol. The van der Waals surface area contributed by atoms with Crippen molar-refractivity contribution in [3.05, 3.63) is 35.9 Å². The Bertz CT molecular complexity index is 260. The van der Waals surface area contributed by atoms with Crippen LogP contribution in [0, 0.1) is 0 Å². The fourth-order valence-corrected chi connectivity index (χ4v) is 1.21. The van der Waals surface area contributed by atoms with Gasteiger partial charge in [0.15, 0.2) is 0 Å². The number of hydrogen-bond donors (Lipinski definition) is 1. The Balaban J connectivity index is 2.92. The van der Waals surface area contributed by atoms with Crippen molar-refractivity contribution in [2.75, 3.05) is 0 Å². The minimum atomic E-state index is -4.37. The van der Waals surface area contributed by atoms with Gasteiger partial charge in [-0.05, 0) is 17.3 Å². The fraction of sp³-hybridized carbons (Fsp3) is 0.250. The maximum absolute atomic E-state index is 12.3. The molecule has 5 heteroatoms. The van der Waals surface area contributed by atoms with Crippen LogP contribution in [0.4, 0.5) is 13.2 Å². The molecule has 0 amide bonds. The van der Waals surface area contributed by atoms with Gasteiger partial charge in [-0.1, -0.05) is 30.3 Å². The highest BCUT2D eigenvalue weighted by molar-refractivity contribution is 6.13. The summed E-state index contributed by atoms with van der Waals surface area (Å²) in [5.74, 6) is 0. The first-order chi connectivity index (χ1) is 6.05. The van der Waals surface area contributed by atoms with E-state index in [1.54, 1.807) is 10.9 Å². The average Bonchev–Trinajstić information content (AvgIpc) is 2.05. The van der Waals surface area contributed by atoms with E-state index in [0.29, 0.717) is 0 Å². The minimum absolute atomic E-state index is 0.102. The molecule has 1 aromatic rings. The lowest BCUT2D eigenvalue weighted by molar-refractivity contribution is -0.153. The lowest BCUT2D eigenvalue weighted by atomic mass is 10.1. The average molecular weight is 210 g/mol. The van der Waals surface area contributed by atoms with Crippen molar-refractivity contribution in [1.82, 2.24) is 4.84 Å². The quantitative estimate of drug-likeness (QED) is 0.739. The van der Waals surface area contributed by atoms with Crippen LogP contribution in [0.5, 0.6) is 0 Å².